The van der Waals surface area contributed by atoms with Gasteiger partial charge in [-0.1, -0.05) is 30.9 Å². The van der Waals surface area contributed by atoms with E-state index in [0.717, 1.165) is 12.8 Å². The van der Waals surface area contributed by atoms with Crippen molar-refractivity contribution in [2.45, 2.75) is 45.1 Å². The maximum atomic E-state index is 11.8. The van der Waals surface area contributed by atoms with Crippen LogP contribution >= 0.6 is 11.6 Å². The van der Waals surface area contributed by atoms with Crippen molar-refractivity contribution >= 4 is 23.7 Å². The van der Waals surface area contributed by atoms with Crippen molar-refractivity contribution in [2.75, 3.05) is 13.2 Å². The Kier molecular flexibility index (Phi) is 7.34. The van der Waals surface area contributed by atoms with E-state index < -0.39 is 0 Å². The SMILES string of the molecule is CCOc1cc(/C=N\NC(=O)CNC2CCCCC2)cc(Cl)c1O. The number of carbonyl (C=O) groups excluding carboxylic acids is 1. The number of phenols is 1. The van der Waals surface area contributed by atoms with Crippen LogP contribution in [0.15, 0.2) is 17.2 Å². The van der Waals surface area contributed by atoms with Crippen molar-refractivity contribution in [3.05, 3.63) is 22.7 Å². The van der Waals surface area contributed by atoms with Gasteiger partial charge < -0.3 is 15.2 Å². The number of amides is 1. The van der Waals surface area contributed by atoms with Crippen LogP contribution in [-0.4, -0.2) is 36.4 Å². The minimum absolute atomic E-state index is 0.101. The van der Waals surface area contributed by atoms with E-state index in [-0.39, 0.29) is 29.0 Å². The van der Waals surface area contributed by atoms with Crippen LogP contribution in [0.3, 0.4) is 0 Å². The fourth-order valence-electron chi connectivity index (χ4n) is 2.70. The maximum absolute atomic E-state index is 11.8. The summed E-state index contributed by atoms with van der Waals surface area (Å²) in [6.45, 7) is 2.48. The number of phenolic OH excluding ortho intramolecular Hbond substituents is 1. The minimum atomic E-state index is -0.188. The molecule has 0 aromatic heterocycles. The molecule has 1 aromatic rings. The third-order valence-electron chi connectivity index (χ3n) is 3.91. The van der Waals surface area contributed by atoms with E-state index in [1.807, 2.05) is 6.92 Å². The Balaban J connectivity index is 1.83. The quantitative estimate of drug-likeness (QED) is 0.520. The summed E-state index contributed by atoms with van der Waals surface area (Å²) in [5.74, 6) is -0.000133. The maximum Gasteiger partial charge on any atom is 0.254 e. The molecular formula is C17H24ClN3O3. The van der Waals surface area contributed by atoms with E-state index in [9.17, 15) is 9.90 Å². The topological polar surface area (TPSA) is 83.0 Å². The van der Waals surface area contributed by atoms with Crippen LogP contribution in [0.5, 0.6) is 11.5 Å². The molecule has 1 fully saturated rings. The Morgan fingerprint density at radius 1 is 1.42 bits per heavy atom. The highest BCUT2D eigenvalue weighted by atomic mass is 35.5. The summed E-state index contributed by atoms with van der Waals surface area (Å²) in [4.78, 5) is 11.8. The molecule has 0 saturated heterocycles. The highest BCUT2D eigenvalue weighted by Gasteiger charge is 2.13. The van der Waals surface area contributed by atoms with Gasteiger partial charge in [0.05, 0.1) is 24.4 Å². The molecule has 7 heteroatoms. The molecule has 1 aliphatic rings. The molecule has 24 heavy (non-hydrogen) atoms. The van der Waals surface area contributed by atoms with Crippen LogP contribution in [-0.2, 0) is 4.79 Å². The number of aromatic hydroxyl groups is 1. The predicted molar refractivity (Wildman–Crippen MR) is 94.9 cm³/mol. The normalized spacial score (nSPS) is 15.6. The number of hydrogen-bond acceptors (Lipinski definition) is 5. The van der Waals surface area contributed by atoms with Gasteiger partial charge in [0.2, 0.25) is 0 Å². The first-order chi connectivity index (χ1) is 11.6. The second-order valence-corrected chi connectivity index (χ2v) is 6.20. The van der Waals surface area contributed by atoms with Gasteiger partial charge in [0.15, 0.2) is 11.5 Å². The molecule has 3 N–H and O–H groups in total. The molecule has 132 valence electrons. The average Bonchev–Trinajstić information content (AvgIpc) is 2.58. The fourth-order valence-corrected chi connectivity index (χ4v) is 2.92. The zero-order chi connectivity index (χ0) is 17.4. The number of rotatable bonds is 7. The van der Waals surface area contributed by atoms with Crippen molar-refractivity contribution in [1.29, 1.82) is 0 Å². The third kappa shape index (κ3) is 5.69. The number of halogens is 1. The second kappa shape index (κ2) is 9.49. The van der Waals surface area contributed by atoms with Gasteiger partial charge in [-0.05, 0) is 37.5 Å². The summed E-state index contributed by atoms with van der Waals surface area (Å²) in [7, 11) is 0. The lowest BCUT2D eigenvalue weighted by atomic mass is 9.95. The number of nitrogens with one attached hydrogen (secondary N) is 2. The van der Waals surface area contributed by atoms with Gasteiger partial charge in [0.1, 0.15) is 0 Å². The number of hydrazone groups is 1. The molecule has 1 amide bonds. The highest BCUT2D eigenvalue weighted by molar-refractivity contribution is 6.32. The van der Waals surface area contributed by atoms with E-state index >= 15 is 0 Å². The monoisotopic (exact) mass is 353 g/mol. The molecule has 0 bridgehead atoms. The Hall–Kier alpha value is -1.79. The Morgan fingerprint density at radius 3 is 2.88 bits per heavy atom. The molecular weight excluding hydrogens is 330 g/mol. The molecule has 0 radical (unpaired) electrons. The van der Waals surface area contributed by atoms with Crippen LogP contribution in [0.1, 0.15) is 44.6 Å². The fraction of sp³-hybridized carbons (Fsp3) is 0.529. The van der Waals surface area contributed by atoms with E-state index in [0.29, 0.717) is 18.2 Å². The van der Waals surface area contributed by atoms with E-state index in [4.69, 9.17) is 16.3 Å². The van der Waals surface area contributed by atoms with Crippen LogP contribution in [0.25, 0.3) is 0 Å². The predicted octanol–water partition coefficient (Wildman–Crippen LogP) is 2.82. The van der Waals surface area contributed by atoms with Gasteiger partial charge in [0.25, 0.3) is 5.91 Å². The summed E-state index contributed by atoms with van der Waals surface area (Å²) in [6.07, 6.45) is 7.45. The largest absolute Gasteiger partial charge is 0.503 e. The Bertz CT molecular complexity index is 587. The first kappa shape index (κ1) is 18.5. The molecule has 0 atom stereocenters. The standard InChI is InChI=1S/C17H24ClN3O3/c1-2-24-15-9-12(8-14(18)17(15)23)10-20-21-16(22)11-19-13-6-4-3-5-7-13/h8-10,13,19,23H,2-7,11H2,1H3,(H,21,22)/b20-10-. The average molecular weight is 354 g/mol. The van der Waals surface area contributed by atoms with Crippen molar-refractivity contribution in [3.8, 4) is 11.5 Å². The number of benzene rings is 1. The van der Waals surface area contributed by atoms with Crippen molar-refractivity contribution in [2.24, 2.45) is 5.10 Å². The number of ether oxygens (including phenoxy) is 1. The Labute approximate surface area is 147 Å². The molecule has 0 spiro atoms. The van der Waals surface area contributed by atoms with Crippen molar-refractivity contribution < 1.29 is 14.6 Å². The van der Waals surface area contributed by atoms with Gasteiger partial charge >= 0.3 is 0 Å². The summed E-state index contributed by atoms with van der Waals surface area (Å²) < 4.78 is 5.30. The van der Waals surface area contributed by atoms with Gasteiger partial charge in [-0.2, -0.15) is 5.10 Å². The molecule has 6 nitrogen and oxygen atoms in total. The summed E-state index contributed by atoms with van der Waals surface area (Å²) in [6, 6.07) is 3.59. The van der Waals surface area contributed by atoms with E-state index in [1.165, 1.54) is 25.5 Å². The van der Waals surface area contributed by atoms with Crippen molar-refractivity contribution in [3.63, 3.8) is 0 Å². The van der Waals surface area contributed by atoms with Crippen molar-refractivity contribution in [1.82, 2.24) is 10.7 Å². The summed E-state index contributed by atoms with van der Waals surface area (Å²) >= 11 is 5.94. The second-order valence-electron chi connectivity index (χ2n) is 5.79. The third-order valence-corrected chi connectivity index (χ3v) is 4.20. The van der Waals surface area contributed by atoms with Crippen LogP contribution < -0.4 is 15.5 Å². The highest BCUT2D eigenvalue weighted by Crippen LogP contribution is 2.34. The van der Waals surface area contributed by atoms with E-state index in [1.54, 1.807) is 12.1 Å². The number of hydrogen-bond donors (Lipinski definition) is 3. The van der Waals surface area contributed by atoms with Crippen LogP contribution in [0.2, 0.25) is 5.02 Å². The summed E-state index contributed by atoms with van der Waals surface area (Å²) in [5, 5.41) is 17.1. The molecule has 1 saturated carbocycles. The lowest BCUT2D eigenvalue weighted by molar-refractivity contribution is -0.120. The minimum Gasteiger partial charge on any atom is -0.503 e. The zero-order valence-corrected chi connectivity index (χ0v) is 14.6. The lowest BCUT2D eigenvalue weighted by Crippen LogP contribution is -2.38. The van der Waals surface area contributed by atoms with Crippen LogP contribution in [0, 0.1) is 0 Å². The molecule has 1 aromatic carbocycles. The number of carbonyl (C=O) groups is 1. The zero-order valence-electron chi connectivity index (χ0n) is 13.8. The molecule has 1 aliphatic carbocycles. The van der Waals surface area contributed by atoms with Gasteiger partial charge in [-0.25, -0.2) is 5.43 Å². The van der Waals surface area contributed by atoms with Crippen LogP contribution in [0.4, 0.5) is 0 Å². The first-order valence-corrected chi connectivity index (χ1v) is 8.68. The Morgan fingerprint density at radius 2 is 2.17 bits per heavy atom. The molecule has 0 heterocycles. The molecule has 0 unspecified atom stereocenters. The molecule has 0 aliphatic heterocycles. The van der Waals surface area contributed by atoms with Gasteiger partial charge in [0, 0.05) is 6.04 Å². The summed E-state index contributed by atoms with van der Waals surface area (Å²) in [5.41, 5.74) is 3.10. The number of nitrogens with zero attached hydrogens (tertiary/aromatic N) is 1. The molecule has 2 rings (SSSR count). The van der Waals surface area contributed by atoms with Gasteiger partial charge in [-0.3, -0.25) is 4.79 Å². The van der Waals surface area contributed by atoms with Gasteiger partial charge in [-0.15, -0.1) is 0 Å². The lowest BCUT2D eigenvalue weighted by Gasteiger charge is -2.22. The first-order valence-electron chi connectivity index (χ1n) is 8.30. The smallest absolute Gasteiger partial charge is 0.254 e. The van der Waals surface area contributed by atoms with E-state index in [2.05, 4.69) is 15.8 Å².